The fraction of sp³-hybridized carbons (Fsp3) is 0.467. The molecule has 1 aromatic carbocycles. The second-order valence-corrected chi connectivity index (χ2v) is 5.20. The molecule has 2 aromatic rings. The Balaban J connectivity index is 0.00000147. The normalized spacial score (nSPS) is 15.8. The van der Waals surface area contributed by atoms with E-state index in [9.17, 15) is 0 Å². The van der Waals surface area contributed by atoms with E-state index in [4.69, 9.17) is 0 Å². The van der Waals surface area contributed by atoms with Crippen molar-refractivity contribution in [2.75, 3.05) is 13.1 Å². The van der Waals surface area contributed by atoms with Gasteiger partial charge in [-0.25, -0.2) is 0 Å². The smallest absolute Gasteiger partial charge is 0.136 e. The third kappa shape index (κ3) is 3.19. The van der Waals surface area contributed by atoms with Gasteiger partial charge in [-0.1, -0.05) is 30.3 Å². The quantitative estimate of drug-likeness (QED) is 0.945. The third-order valence-corrected chi connectivity index (χ3v) is 3.85. The molecule has 20 heavy (non-hydrogen) atoms. The first-order valence-corrected chi connectivity index (χ1v) is 6.99. The Morgan fingerprint density at radius 2 is 1.85 bits per heavy atom. The van der Waals surface area contributed by atoms with Crippen LogP contribution in [0.25, 0.3) is 0 Å². The summed E-state index contributed by atoms with van der Waals surface area (Å²) in [6.45, 7) is 5.09. The van der Waals surface area contributed by atoms with Gasteiger partial charge in [0.1, 0.15) is 11.6 Å². The van der Waals surface area contributed by atoms with Crippen molar-refractivity contribution in [3.63, 3.8) is 0 Å². The standard InChI is InChI=1S/C15H20N4.ClH/c1-12-17-18-15(14-7-9-16-10-8-14)19(12)11-13-5-3-2-4-6-13;/h2-6,14,16H,7-11H2,1H3;1H. The second kappa shape index (κ2) is 6.86. The van der Waals surface area contributed by atoms with Crippen molar-refractivity contribution in [2.45, 2.75) is 32.2 Å². The van der Waals surface area contributed by atoms with Crippen molar-refractivity contribution in [1.29, 1.82) is 0 Å². The summed E-state index contributed by atoms with van der Waals surface area (Å²) in [5.41, 5.74) is 1.31. The van der Waals surface area contributed by atoms with Crippen LogP contribution in [-0.2, 0) is 6.54 Å². The van der Waals surface area contributed by atoms with E-state index in [1.807, 2.05) is 6.92 Å². The third-order valence-electron chi connectivity index (χ3n) is 3.85. The molecule has 0 saturated carbocycles. The van der Waals surface area contributed by atoms with Gasteiger partial charge >= 0.3 is 0 Å². The molecule has 0 bridgehead atoms. The molecule has 0 aliphatic carbocycles. The Morgan fingerprint density at radius 3 is 2.55 bits per heavy atom. The number of nitrogens with zero attached hydrogens (tertiary/aromatic N) is 3. The van der Waals surface area contributed by atoms with Crippen molar-refractivity contribution in [3.05, 3.63) is 47.5 Å². The van der Waals surface area contributed by atoms with Crippen molar-refractivity contribution in [2.24, 2.45) is 0 Å². The van der Waals surface area contributed by atoms with E-state index in [0.717, 1.165) is 44.1 Å². The van der Waals surface area contributed by atoms with E-state index in [1.54, 1.807) is 0 Å². The highest BCUT2D eigenvalue weighted by Gasteiger charge is 2.21. The van der Waals surface area contributed by atoms with Crippen LogP contribution in [0.5, 0.6) is 0 Å². The lowest BCUT2D eigenvalue weighted by Crippen LogP contribution is -2.28. The highest BCUT2D eigenvalue weighted by atomic mass is 35.5. The van der Waals surface area contributed by atoms with Gasteiger partial charge in [0.2, 0.25) is 0 Å². The van der Waals surface area contributed by atoms with Gasteiger partial charge in [-0.2, -0.15) is 0 Å². The van der Waals surface area contributed by atoms with Crippen LogP contribution in [-0.4, -0.2) is 27.9 Å². The molecule has 0 atom stereocenters. The molecule has 1 aliphatic heterocycles. The van der Waals surface area contributed by atoms with Gasteiger partial charge in [0.05, 0.1) is 6.54 Å². The topological polar surface area (TPSA) is 42.7 Å². The molecule has 0 unspecified atom stereocenters. The maximum Gasteiger partial charge on any atom is 0.136 e. The molecule has 2 heterocycles. The maximum absolute atomic E-state index is 4.42. The van der Waals surface area contributed by atoms with Gasteiger partial charge in [0.15, 0.2) is 0 Å². The Labute approximate surface area is 126 Å². The highest BCUT2D eigenvalue weighted by molar-refractivity contribution is 5.85. The number of hydrogen-bond acceptors (Lipinski definition) is 3. The van der Waals surface area contributed by atoms with Crippen molar-refractivity contribution in [3.8, 4) is 0 Å². The monoisotopic (exact) mass is 292 g/mol. The van der Waals surface area contributed by atoms with E-state index in [0.29, 0.717) is 5.92 Å². The number of aryl methyl sites for hydroxylation is 1. The van der Waals surface area contributed by atoms with Crippen LogP contribution in [0.1, 0.15) is 36.0 Å². The number of benzene rings is 1. The van der Waals surface area contributed by atoms with Crippen LogP contribution in [0.3, 0.4) is 0 Å². The largest absolute Gasteiger partial charge is 0.317 e. The van der Waals surface area contributed by atoms with Crippen LogP contribution in [0.4, 0.5) is 0 Å². The minimum Gasteiger partial charge on any atom is -0.317 e. The Kier molecular flexibility index (Phi) is 5.15. The molecule has 1 aliphatic rings. The van der Waals surface area contributed by atoms with Crippen molar-refractivity contribution in [1.82, 2.24) is 20.1 Å². The van der Waals surface area contributed by atoms with Crippen LogP contribution in [0, 0.1) is 6.92 Å². The lowest BCUT2D eigenvalue weighted by Gasteiger charge is -2.22. The van der Waals surface area contributed by atoms with E-state index < -0.39 is 0 Å². The van der Waals surface area contributed by atoms with Gasteiger partial charge in [-0.3, -0.25) is 0 Å². The number of rotatable bonds is 3. The van der Waals surface area contributed by atoms with Crippen LogP contribution >= 0.6 is 12.4 Å². The van der Waals surface area contributed by atoms with Gasteiger partial charge < -0.3 is 9.88 Å². The van der Waals surface area contributed by atoms with Crippen molar-refractivity contribution < 1.29 is 0 Å². The van der Waals surface area contributed by atoms with Crippen molar-refractivity contribution >= 4 is 12.4 Å². The summed E-state index contributed by atoms with van der Waals surface area (Å²) >= 11 is 0. The summed E-state index contributed by atoms with van der Waals surface area (Å²) < 4.78 is 2.27. The van der Waals surface area contributed by atoms with E-state index in [2.05, 4.69) is 50.4 Å². The van der Waals surface area contributed by atoms with Gasteiger partial charge in [0.25, 0.3) is 0 Å². The molecule has 1 fully saturated rings. The van der Waals surface area contributed by atoms with Crippen LogP contribution < -0.4 is 5.32 Å². The maximum atomic E-state index is 4.42. The first-order chi connectivity index (χ1) is 9.34. The SMILES string of the molecule is Cc1nnc(C2CCNCC2)n1Cc1ccccc1.Cl. The zero-order chi connectivity index (χ0) is 13.1. The van der Waals surface area contributed by atoms with E-state index in [1.165, 1.54) is 5.56 Å². The Bertz CT molecular complexity index is 532. The van der Waals surface area contributed by atoms with Gasteiger partial charge in [-0.05, 0) is 38.4 Å². The average molecular weight is 293 g/mol. The summed E-state index contributed by atoms with van der Waals surface area (Å²) in [7, 11) is 0. The molecule has 0 spiro atoms. The molecule has 1 N–H and O–H groups in total. The van der Waals surface area contributed by atoms with Crippen LogP contribution in [0.15, 0.2) is 30.3 Å². The second-order valence-electron chi connectivity index (χ2n) is 5.20. The molecule has 108 valence electrons. The fourth-order valence-corrected chi connectivity index (χ4v) is 2.74. The summed E-state index contributed by atoms with van der Waals surface area (Å²) in [4.78, 5) is 0. The summed E-state index contributed by atoms with van der Waals surface area (Å²) in [6, 6.07) is 10.5. The lowest BCUT2D eigenvalue weighted by atomic mass is 9.97. The predicted octanol–water partition coefficient (Wildman–Crippen LogP) is 2.52. The number of nitrogens with one attached hydrogen (secondary N) is 1. The Hall–Kier alpha value is -1.39. The Morgan fingerprint density at radius 1 is 1.15 bits per heavy atom. The lowest BCUT2D eigenvalue weighted by molar-refractivity contribution is 0.432. The molecular weight excluding hydrogens is 272 g/mol. The molecule has 5 heteroatoms. The van der Waals surface area contributed by atoms with Gasteiger partial charge in [-0.15, -0.1) is 22.6 Å². The first kappa shape index (κ1) is 15.0. The zero-order valence-electron chi connectivity index (χ0n) is 11.7. The predicted molar refractivity (Wildman–Crippen MR) is 82.4 cm³/mol. The molecule has 1 saturated heterocycles. The van der Waals surface area contributed by atoms with E-state index >= 15 is 0 Å². The summed E-state index contributed by atoms with van der Waals surface area (Å²) in [6.07, 6.45) is 2.32. The minimum absolute atomic E-state index is 0. The van der Waals surface area contributed by atoms with Crippen LogP contribution in [0.2, 0.25) is 0 Å². The molecule has 3 rings (SSSR count). The van der Waals surface area contributed by atoms with E-state index in [-0.39, 0.29) is 12.4 Å². The molecule has 1 aromatic heterocycles. The number of piperidine rings is 1. The number of halogens is 1. The summed E-state index contributed by atoms with van der Waals surface area (Å²) in [5.74, 6) is 2.71. The summed E-state index contributed by atoms with van der Waals surface area (Å²) in [5, 5.41) is 12.1. The molecule has 4 nitrogen and oxygen atoms in total. The first-order valence-electron chi connectivity index (χ1n) is 6.99. The number of hydrogen-bond donors (Lipinski definition) is 1. The average Bonchev–Trinajstić information content (AvgIpc) is 2.82. The molecule has 0 radical (unpaired) electrons. The highest BCUT2D eigenvalue weighted by Crippen LogP contribution is 2.24. The molecule has 0 amide bonds. The fourth-order valence-electron chi connectivity index (χ4n) is 2.74. The molecular formula is C15H21ClN4. The number of aromatic nitrogens is 3. The van der Waals surface area contributed by atoms with Gasteiger partial charge in [0, 0.05) is 5.92 Å². The zero-order valence-corrected chi connectivity index (χ0v) is 12.6. The minimum atomic E-state index is 0.